The Balaban J connectivity index is 1.35. The molecule has 0 spiro atoms. The van der Waals surface area contributed by atoms with Crippen LogP contribution in [0.1, 0.15) is 48.2 Å². The van der Waals surface area contributed by atoms with Crippen molar-refractivity contribution in [1.29, 1.82) is 0 Å². The summed E-state index contributed by atoms with van der Waals surface area (Å²) in [6.45, 7) is 5.97. The van der Waals surface area contributed by atoms with Crippen LogP contribution in [0, 0.1) is 23.3 Å². The number of rotatable bonds is 7. The Labute approximate surface area is 204 Å². The molecule has 0 saturated carbocycles. The quantitative estimate of drug-likeness (QED) is 0.186. The van der Waals surface area contributed by atoms with Gasteiger partial charge in [0.05, 0.1) is 18.4 Å². The van der Waals surface area contributed by atoms with Gasteiger partial charge in [0.1, 0.15) is 23.9 Å². The number of hydrogen-bond acceptors (Lipinski definition) is 4. The monoisotopic (exact) mass is 501 g/mol. The van der Waals surface area contributed by atoms with Crippen LogP contribution in [0.2, 0.25) is 0 Å². The van der Waals surface area contributed by atoms with E-state index in [1.165, 1.54) is 24.0 Å². The largest absolute Gasteiger partial charge is 0.486 e. The van der Waals surface area contributed by atoms with E-state index in [4.69, 9.17) is 9.15 Å². The lowest BCUT2D eigenvalue weighted by molar-refractivity contribution is 0.0992. The van der Waals surface area contributed by atoms with Crippen molar-refractivity contribution in [1.82, 2.24) is 9.78 Å². The Morgan fingerprint density at radius 3 is 2.44 bits per heavy atom. The lowest BCUT2D eigenvalue weighted by Crippen LogP contribution is -2.11. The first-order chi connectivity index (χ1) is 17.0. The molecule has 2 aromatic heterocycles. The van der Waals surface area contributed by atoms with Crippen LogP contribution in [0.3, 0.4) is 0 Å². The van der Waals surface area contributed by atoms with Crippen molar-refractivity contribution in [2.24, 2.45) is 0 Å². The Hall–Kier alpha value is -4.08. The number of benzene rings is 2. The molecular formula is C26H23F4N3O3. The van der Waals surface area contributed by atoms with Gasteiger partial charge in [0, 0.05) is 17.8 Å². The maximum atomic E-state index is 13.9. The molecule has 0 unspecified atom stereocenters. The number of ether oxygens (including phenoxy) is 1. The maximum Gasteiger partial charge on any atom is 0.291 e. The molecule has 0 saturated heterocycles. The van der Waals surface area contributed by atoms with Crippen molar-refractivity contribution < 1.29 is 31.5 Å². The normalized spacial score (nSPS) is 11.5. The molecule has 4 aromatic rings. The Bertz CT molecular complexity index is 1390. The van der Waals surface area contributed by atoms with Gasteiger partial charge in [-0.3, -0.25) is 9.48 Å². The second-order valence-corrected chi connectivity index (χ2v) is 9.16. The number of nitrogens with one attached hydrogen (secondary N) is 1. The maximum absolute atomic E-state index is 13.9. The molecule has 1 amide bonds. The number of carbonyl (C=O) groups is 1. The van der Waals surface area contributed by atoms with Crippen LogP contribution < -0.4 is 10.1 Å². The number of aromatic nitrogens is 2. The van der Waals surface area contributed by atoms with Gasteiger partial charge in [-0.2, -0.15) is 5.10 Å². The number of anilines is 1. The molecule has 0 fully saturated rings. The second kappa shape index (κ2) is 9.88. The lowest BCUT2D eigenvalue weighted by atomic mass is 9.87. The highest BCUT2D eigenvalue weighted by Gasteiger charge is 2.20. The van der Waals surface area contributed by atoms with Gasteiger partial charge in [-0.25, -0.2) is 17.6 Å². The molecule has 0 aliphatic carbocycles. The number of amides is 1. The van der Waals surface area contributed by atoms with Crippen molar-refractivity contribution in [3.05, 3.63) is 101 Å². The molecule has 4 rings (SSSR count). The standard InChI is InChI=1S/C26H23F4N3O3/c1-26(2,3)15-4-6-17(7-5-15)35-14-18-8-9-22(36-18)25(34)32-16-11-31-33(12-16)13-19-20(27)10-21(28)24(30)23(19)29/h4-12H,13-14H2,1-3H3,(H,32,34). The van der Waals surface area contributed by atoms with Gasteiger partial charge in [0.15, 0.2) is 23.2 Å². The van der Waals surface area contributed by atoms with Crippen molar-refractivity contribution in [2.75, 3.05) is 5.32 Å². The van der Waals surface area contributed by atoms with Crippen LogP contribution in [-0.4, -0.2) is 15.7 Å². The molecule has 0 bridgehead atoms. The van der Waals surface area contributed by atoms with Crippen LogP contribution in [-0.2, 0) is 18.6 Å². The van der Waals surface area contributed by atoms with E-state index in [1.54, 1.807) is 6.07 Å². The van der Waals surface area contributed by atoms with Crippen LogP contribution >= 0.6 is 0 Å². The molecule has 188 valence electrons. The smallest absolute Gasteiger partial charge is 0.291 e. The predicted molar refractivity (Wildman–Crippen MR) is 124 cm³/mol. The second-order valence-electron chi connectivity index (χ2n) is 9.16. The van der Waals surface area contributed by atoms with E-state index in [2.05, 4.69) is 31.2 Å². The summed E-state index contributed by atoms with van der Waals surface area (Å²) in [6, 6.07) is 11.1. The lowest BCUT2D eigenvalue weighted by Gasteiger charge is -2.19. The Kier molecular flexibility index (Phi) is 6.87. The van der Waals surface area contributed by atoms with Gasteiger partial charge in [-0.1, -0.05) is 32.9 Å². The summed E-state index contributed by atoms with van der Waals surface area (Å²) in [6.07, 6.45) is 2.52. The number of nitrogens with zero attached hydrogens (tertiary/aromatic N) is 2. The first-order valence-electron chi connectivity index (χ1n) is 11.0. The third kappa shape index (κ3) is 5.59. The molecule has 2 heterocycles. The zero-order valence-corrected chi connectivity index (χ0v) is 19.7. The zero-order valence-electron chi connectivity index (χ0n) is 19.7. The third-order valence-corrected chi connectivity index (χ3v) is 5.41. The van der Waals surface area contributed by atoms with E-state index < -0.39 is 41.3 Å². The molecule has 0 aliphatic heterocycles. The predicted octanol–water partition coefficient (Wildman–Crippen LogP) is 6.21. The molecule has 36 heavy (non-hydrogen) atoms. The van der Waals surface area contributed by atoms with Crippen molar-refractivity contribution in [3.63, 3.8) is 0 Å². The molecule has 6 nitrogen and oxygen atoms in total. The van der Waals surface area contributed by atoms with E-state index >= 15 is 0 Å². The molecule has 10 heteroatoms. The van der Waals surface area contributed by atoms with E-state index in [0.717, 1.165) is 4.68 Å². The Morgan fingerprint density at radius 2 is 1.75 bits per heavy atom. The summed E-state index contributed by atoms with van der Waals surface area (Å²) in [5.74, 6) is -5.75. The minimum Gasteiger partial charge on any atom is -0.486 e. The number of furan rings is 1. The first-order valence-corrected chi connectivity index (χ1v) is 11.0. The average Bonchev–Trinajstić information content (AvgIpc) is 3.48. The minimum atomic E-state index is -1.77. The Morgan fingerprint density at radius 1 is 1.03 bits per heavy atom. The highest BCUT2D eigenvalue weighted by molar-refractivity contribution is 6.02. The summed E-state index contributed by atoms with van der Waals surface area (Å²) in [5, 5.41) is 6.43. The van der Waals surface area contributed by atoms with Crippen molar-refractivity contribution in [2.45, 2.75) is 39.3 Å². The fourth-order valence-electron chi connectivity index (χ4n) is 3.40. The van der Waals surface area contributed by atoms with Gasteiger partial charge in [-0.15, -0.1) is 0 Å². The fraction of sp³-hybridized carbons (Fsp3) is 0.231. The highest BCUT2D eigenvalue weighted by atomic mass is 19.2. The van der Waals surface area contributed by atoms with E-state index in [1.807, 2.05) is 24.3 Å². The SMILES string of the molecule is CC(C)(C)c1ccc(OCc2ccc(C(=O)Nc3cnn(Cc4c(F)cc(F)c(F)c4F)c3)o2)cc1. The average molecular weight is 501 g/mol. The summed E-state index contributed by atoms with van der Waals surface area (Å²) in [5.41, 5.74) is 0.717. The summed E-state index contributed by atoms with van der Waals surface area (Å²) < 4.78 is 66.6. The first kappa shape index (κ1) is 25.0. The minimum absolute atomic E-state index is 0.0159. The van der Waals surface area contributed by atoms with Gasteiger partial charge in [0.25, 0.3) is 5.91 Å². The number of carbonyl (C=O) groups excluding carboxylic acids is 1. The molecule has 2 aromatic carbocycles. The molecule has 1 N–H and O–H groups in total. The molecule has 0 atom stereocenters. The van der Waals surface area contributed by atoms with Gasteiger partial charge in [0.2, 0.25) is 0 Å². The molecule has 0 radical (unpaired) electrons. The zero-order chi connectivity index (χ0) is 26.0. The van der Waals surface area contributed by atoms with Crippen LogP contribution in [0.15, 0.2) is 59.3 Å². The van der Waals surface area contributed by atoms with Gasteiger partial charge >= 0.3 is 0 Å². The van der Waals surface area contributed by atoms with Crippen LogP contribution in [0.5, 0.6) is 5.75 Å². The van der Waals surface area contributed by atoms with E-state index in [0.29, 0.717) is 11.5 Å². The van der Waals surface area contributed by atoms with Crippen LogP contribution in [0.4, 0.5) is 23.2 Å². The topological polar surface area (TPSA) is 69.3 Å². The van der Waals surface area contributed by atoms with Gasteiger partial charge < -0.3 is 14.5 Å². The number of hydrogen-bond donors (Lipinski definition) is 1. The molecular weight excluding hydrogens is 478 g/mol. The van der Waals surface area contributed by atoms with E-state index in [-0.39, 0.29) is 29.5 Å². The highest BCUT2D eigenvalue weighted by Crippen LogP contribution is 2.25. The fourth-order valence-corrected chi connectivity index (χ4v) is 3.40. The molecule has 0 aliphatic rings. The number of halogens is 4. The van der Waals surface area contributed by atoms with Crippen molar-refractivity contribution in [3.8, 4) is 5.75 Å². The summed E-state index contributed by atoms with van der Waals surface area (Å²) in [7, 11) is 0. The summed E-state index contributed by atoms with van der Waals surface area (Å²) >= 11 is 0. The third-order valence-electron chi connectivity index (χ3n) is 5.41. The summed E-state index contributed by atoms with van der Waals surface area (Å²) in [4.78, 5) is 12.5. The van der Waals surface area contributed by atoms with Crippen LogP contribution in [0.25, 0.3) is 0 Å². The van der Waals surface area contributed by atoms with Crippen molar-refractivity contribution >= 4 is 11.6 Å². The van der Waals surface area contributed by atoms with Gasteiger partial charge in [-0.05, 0) is 35.2 Å². The van der Waals surface area contributed by atoms with E-state index in [9.17, 15) is 22.4 Å².